The number of nitrogens with zero attached hydrogens (tertiary/aromatic N) is 3. The van der Waals surface area contributed by atoms with Crippen molar-refractivity contribution in [1.82, 2.24) is 25.4 Å². The highest BCUT2D eigenvalue weighted by atomic mass is 16.2. The maximum atomic E-state index is 13.0. The summed E-state index contributed by atoms with van der Waals surface area (Å²) < 4.78 is 0. The summed E-state index contributed by atoms with van der Waals surface area (Å²) in [5, 5.41) is 5.95. The first kappa shape index (κ1) is 19.6. The minimum absolute atomic E-state index is 0.00540. The van der Waals surface area contributed by atoms with Crippen molar-refractivity contribution in [2.75, 3.05) is 32.7 Å². The van der Waals surface area contributed by atoms with Gasteiger partial charge in [-0.25, -0.2) is 4.79 Å². The van der Waals surface area contributed by atoms with Gasteiger partial charge in [-0.3, -0.25) is 14.7 Å². The molecule has 3 amide bonds. The summed E-state index contributed by atoms with van der Waals surface area (Å²) in [7, 11) is 0. The first-order valence-corrected chi connectivity index (χ1v) is 10.1. The summed E-state index contributed by atoms with van der Waals surface area (Å²) in [6, 6.07) is 5.63. The van der Waals surface area contributed by atoms with Gasteiger partial charge in [0.15, 0.2) is 0 Å². The third-order valence-electron chi connectivity index (χ3n) is 5.61. The Hall–Kier alpha value is -2.15. The van der Waals surface area contributed by atoms with E-state index in [2.05, 4.69) is 20.5 Å². The highest BCUT2D eigenvalue weighted by Crippen LogP contribution is 2.31. The van der Waals surface area contributed by atoms with Crippen LogP contribution in [-0.2, 0) is 11.3 Å². The third-order valence-corrected chi connectivity index (χ3v) is 5.61. The van der Waals surface area contributed by atoms with Crippen molar-refractivity contribution in [2.24, 2.45) is 5.92 Å². The van der Waals surface area contributed by atoms with Gasteiger partial charge in [0.05, 0.1) is 18.3 Å². The van der Waals surface area contributed by atoms with Crippen LogP contribution in [0.5, 0.6) is 0 Å². The summed E-state index contributed by atoms with van der Waals surface area (Å²) in [6.45, 7) is 5.85. The molecule has 7 heteroatoms. The van der Waals surface area contributed by atoms with Crippen LogP contribution in [0.1, 0.15) is 38.3 Å². The standard InChI is InChI=1S/C20H31N5O2/c1-2-21-20(27)25-13-11-24(12-14-25)18(16-7-3-4-8-16)19(26)23-15-17-9-5-6-10-22-17/h5-6,9-10,16,18H,2-4,7-8,11-15H2,1H3,(H,21,27)(H,23,26). The average Bonchev–Trinajstić information content (AvgIpc) is 3.22. The van der Waals surface area contributed by atoms with Crippen molar-refractivity contribution in [2.45, 2.75) is 45.2 Å². The van der Waals surface area contributed by atoms with Crippen molar-refractivity contribution >= 4 is 11.9 Å². The molecule has 1 atom stereocenters. The van der Waals surface area contributed by atoms with E-state index in [1.54, 1.807) is 6.20 Å². The monoisotopic (exact) mass is 373 g/mol. The van der Waals surface area contributed by atoms with Crippen LogP contribution in [0.25, 0.3) is 0 Å². The average molecular weight is 374 g/mol. The Labute approximate surface area is 161 Å². The molecule has 7 nitrogen and oxygen atoms in total. The van der Waals surface area contributed by atoms with E-state index in [9.17, 15) is 9.59 Å². The van der Waals surface area contributed by atoms with E-state index in [0.29, 0.717) is 32.1 Å². The molecule has 2 heterocycles. The molecule has 2 fully saturated rings. The lowest BCUT2D eigenvalue weighted by molar-refractivity contribution is -0.129. The first-order valence-electron chi connectivity index (χ1n) is 10.1. The van der Waals surface area contributed by atoms with Crippen LogP contribution in [0, 0.1) is 5.92 Å². The maximum Gasteiger partial charge on any atom is 0.317 e. The Morgan fingerprint density at radius 1 is 1.15 bits per heavy atom. The van der Waals surface area contributed by atoms with Gasteiger partial charge < -0.3 is 15.5 Å². The second-order valence-electron chi connectivity index (χ2n) is 7.39. The van der Waals surface area contributed by atoms with Crippen LogP contribution < -0.4 is 10.6 Å². The van der Waals surface area contributed by atoms with Crippen molar-refractivity contribution in [3.8, 4) is 0 Å². The van der Waals surface area contributed by atoms with E-state index in [1.165, 1.54) is 12.8 Å². The van der Waals surface area contributed by atoms with Gasteiger partial charge in [-0.1, -0.05) is 18.9 Å². The van der Waals surface area contributed by atoms with Gasteiger partial charge >= 0.3 is 6.03 Å². The number of hydrogen-bond donors (Lipinski definition) is 2. The number of amides is 3. The molecule has 3 rings (SSSR count). The van der Waals surface area contributed by atoms with Crippen molar-refractivity contribution < 1.29 is 9.59 Å². The lowest BCUT2D eigenvalue weighted by Gasteiger charge is -2.40. The highest BCUT2D eigenvalue weighted by Gasteiger charge is 2.37. The number of carbonyl (C=O) groups is 2. The number of rotatable bonds is 6. The number of urea groups is 1. The van der Waals surface area contributed by atoms with Gasteiger partial charge in [0.25, 0.3) is 0 Å². The Kier molecular flexibility index (Phi) is 7.04. The fraction of sp³-hybridized carbons (Fsp3) is 0.650. The Morgan fingerprint density at radius 2 is 1.89 bits per heavy atom. The van der Waals surface area contributed by atoms with Crippen molar-refractivity contribution in [1.29, 1.82) is 0 Å². The van der Waals surface area contributed by atoms with Crippen molar-refractivity contribution in [3.63, 3.8) is 0 Å². The van der Waals surface area contributed by atoms with E-state index in [-0.39, 0.29) is 18.0 Å². The van der Waals surface area contributed by atoms with E-state index in [4.69, 9.17) is 0 Å². The Balaban J connectivity index is 1.60. The smallest absolute Gasteiger partial charge is 0.317 e. The fourth-order valence-electron chi connectivity index (χ4n) is 4.20. The van der Waals surface area contributed by atoms with Gasteiger partial charge in [0.1, 0.15) is 0 Å². The summed E-state index contributed by atoms with van der Waals surface area (Å²) >= 11 is 0. The molecule has 2 N–H and O–H groups in total. The maximum absolute atomic E-state index is 13.0. The predicted octanol–water partition coefficient (Wildman–Crippen LogP) is 1.60. The second kappa shape index (κ2) is 9.69. The van der Waals surface area contributed by atoms with Gasteiger partial charge in [-0.05, 0) is 37.8 Å². The molecule has 1 aliphatic carbocycles. The highest BCUT2D eigenvalue weighted by molar-refractivity contribution is 5.82. The summed E-state index contributed by atoms with van der Waals surface area (Å²) in [5.41, 5.74) is 0.872. The van der Waals surface area contributed by atoms with Gasteiger partial charge in [-0.2, -0.15) is 0 Å². The van der Waals surface area contributed by atoms with E-state index in [0.717, 1.165) is 31.6 Å². The molecule has 0 spiro atoms. The van der Waals surface area contributed by atoms with Crippen LogP contribution in [0.3, 0.4) is 0 Å². The molecular formula is C20H31N5O2. The molecule has 1 aromatic rings. The topological polar surface area (TPSA) is 77.6 Å². The molecule has 1 saturated carbocycles. The number of pyridine rings is 1. The number of hydrogen-bond acceptors (Lipinski definition) is 4. The zero-order valence-corrected chi connectivity index (χ0v) is 16.2. The first-order chi connectivity index (χ1) is 13.2. The van der Waals surface area contributed by atoms with Crippen LogP contribution >= 0.6 is 0 Å². The SMILES string of the molecule is CCNC(=O)N1CCN(C(C(=O)NCc2ccccn2)C2CCCC2)CC1. The minimum atomic E-state index is -0.104. The van der Waals surface area contributed by atoms with Crippen LogP contribution in [0.2, 0.25) is 0 Å². The summed E-state index contributed by atoms with van der Waals surface area (Å²) in [6.07, 6.45) is 6.37. The largest absolute Gasteiger partial charge is 0.349 e. The molecule has 0 radical (unpaired) electrons. The van der Waals surface area contributed by atoms with Crippen LogP contribution in [0.4, 0.5) is 4.79 Å². The normalized spacial score (nSPS) is 19.7. The number of nitrogens with one attached hydrogen (secondary N) is 2. The predicted molar refractivity (Wildman–Crippen MR) is 104 cm³/mol. The quantitative estimate of drug-likeness (QED) is 0.794. The zero-order valence-electron chi connectivity index (χ0n) is 16.2. The molecule has 1 aliphatic heterocycles. The Bertz CT molecular complexity index is 610. The van der Waals surface area contributed by atoms with Crippen molar-refractivity contribution in [3.05, 3.63) is 30.1 Å². The lowest BCUT2D eigenvalue weighted by Crippen LogP contribution is -2.58. The summed E-state index contributed by atoms with van der Waals surface area (Å²) in [4.78, 5) is 33.5. The molecule has 2 aliphatic rings. The molecule has 0 bridgehead atoms. The molecular weight excluding hydrogens is 342 g/mol. The third kappa shape index (κ3) is 5.19. The second-order valence-corrected chi connectivity index (χ2v) is 7.39. The van der Waals surface area contributed by atoms with Crippen LogP contribution in [0.15, 0.2) is 24.4 Å². The minimum Gasteiger partial charge on any atom is -0.349 e. The van der Waals surface area contributed by atoms with E-state index in [1.807, 2.05) is 30.0 Å². The number of carbonyl (C=O) groups excluding carboxylic acids is 2. The number of aromatic nitrogens is 1. The molecule has 1 saturated heterocycles. The fourth-order valence-corrected chi connectivity index (χ4v) is 4.20. The van der Waals surface area contributed by atoms with E-state index < -0.39 is 0 Å². The molecule has 27 heavy (non-hydrogen) atoms. The van der Waals surface area contributed by atoms with Gasteiger partial charge in [0.2, 0.25) is 5.91 Å². The molecule has 0 aromatic carbocycles. The van der Waals surface area contributed by atoms with Gasteiger partial charge in [0, 0.05) is 38.9 Å². The van der Waals surface area contributed by atoms with Gasteiger partial charge in [-0.15, -0.1) is 0 Å². The Morgan fingerprint density at radius 3 is 2.52 bits per heavy atom. The molecule has 1 aromatic heterocycles. The molecule has 148 valence electrons. The molecule has 1 unspecified atom stereocenters. The summed E-state index contributed by atoms with van der Waals surface area (Å²) in [5.74, 6) is 0.503. The lowest BCUT2D eigenvalue weighted by atomic mass is 9.95. The van der Waals surface area contributed by atoms with Crippen LogP contribution in [-0.4, -0.2) is 65.5 Å². The number of piperazine rings is 1. The van der Waals surface area contributed by atoms with E-state index >= 15 is 0 Å². The zero-order chi connectivity index (χ0) is 19.1.